The topological polar surface area (TPSA) is 279 Å². The predicted molar refractivity (Wildman–Crippen MR) is 304 cm³/mol. The maximum Gasteiger partial charge on any atom is 0.318 e. The molecule has 4 heterocycles. The van der Waals surface area contributed by atoms with Crippen LogP contribution in [0.5, 0.6) is 0 Å². The molecule has 0 saturated heterocycles. The highest BCUT2D eigenvalue weighted by Gasteiger charge is 2.30. The van der Waals surface area contributed by atoms with E-state index in [4.69, 9.17) is 0 Å². The van der Waals surface area contributed by atoms with Crippen molar-refractivity contribution in [2.45, 2.75) is 117 Å². The van der Waals surface area contributed by atoms with Crippen molar-refractivity contribution >= 4 is 85.1 Å². The molecule has 8 amide bonds. The average Bonchev–Trinajstić information content (AvgIpc) is 4.25. The van der Waals surface area contributed by atoms with Crippen LogP contribution in [0.2, 0.25) is 0 Å². The summed E-state index contributed by atoms with van der Waals surface area (Å²) in [6.45, 7) is 10.5. The molecule has 8 rings (SSSR count). The van der Waals surface area contributed by atoms with Gasteiger partial charge in [0.15, 0.2) is 0 Å². The summed E-state index contributed by atoms with van der Waals surface area (Å²) in [6, 6.07) is 28.4. The van der Waals surface area contributed by atoms with E-state index in [1.54, 1.807) is 0 Å². The minimum Gasteiger partial charge on any atom is -0.354 e. The summed E-state index contributed by atoms with van der Waals surface area (Å²) < 4.78 is 0. The molecule has 12 N–H and O–H groups in total. The summed E-state index contributed by atoms with van der Waals surface area (Å²) in [4.78, 5) is 107. The lowest BCUT2D eigenvalue weighted by Crippen LogP contribution is -2.57. The number of para-hydroxylation sites is 4. The second-order valence-electron chi connectivity index (χ2n) is 19.8. The van der Waals surface area contributed by atoms with Gasteiger partial charge in [-0.3, -0.25) is 28.8 Å². The smallest absolute Gasteiger partial charge is 0.318 e. The Morgan fingerprint density at radius 2 is 0.667 bits per heavy atom. The lowest BCUT2D eigenvalue weighted by atomic mass is 9.97. The highest BCUT2D eigenvalue weighted by atomic mass is 16.2. The fourth-order valence-electron chi connectivity index (χ4n) is 10.4. The van der Waals surface area contributed by atoms with Gasteiger partial charge < -0.3 is 62.5 Å². The molecule has 0 radical (unpaired) electrons. The van der Waals surface area contributed by atoms with Crippen molar-refractivity contribution in [2.75, 3.05) is 13.1 Å². The van der Waals surface area contributed by atoms with E-state index < -0.39 is 42.3 Å². The van der Waals surface area contributed by atoms with E-state index in [2.05, 4.69) is 62.5 Å². The van der Waals surface area contributed by atoms with Crippen LogP contribution in [-0.2, 0) is 54.5 Å². The Morgan fingerprint density at radius 1 is 0.385 bits per heavy atom. The Kier molecular flexibility index (Phi) is 18.0. The number of hydrogen-bond acceptors (Lipinski definition) is 7. The van der Waals surface area contributed by atoms with Crippen LogP contribution < -0.4 is 42.5 Å². The van der Waals surface area contributed by atoms with Crippen molar-refractivity contribution in [3.05, 3.63) is 119 Å². The first-order valence-electron chi connectivity index (χ1n) is 26.7. The third-order valence-corrected chi connectivity index (χ3v) is 13.8. The lowest BCUT2D eigenvalue weighted by Gasteiger charge is -2.24. The van der Waals surface area contributed by atoms with Gasteiger partial charge in [-0.2, -0.15) is 0 Å². The highest BCUT2D eigenvalue weighted by molar-refractivity contribution is 5.99. The van der Waals surface area contributed by atoms with Gasteiger partial charge in [0.25, 0.3) is 0 Å². The molecule has 4 atom stereocenters. The molecule has 78 heavy (non-hydrogen) atoms. The number of fused-ring (bicyclic) bond motifs is 4. The molecule has 4 aromatic heterocycles. The molecule has 0 unspecified atom stereocenters. The van der Waals surface area contributed by atoms with Crippen LogP contribution in [0.4, 0.5) is 4.79 Å². The van der Waals surface area contributed by atoms with Crippen molar-refractivity contribution in [3.8, 4) is 22.8 Å². The SMILES string of the molecule is CCCCNC(=O)[C@H](Cc1c(-c2[nH]c3ccccc3c2C[C@H](NC(C)=O)NC(=O)N[C@H](Cc2c(-c3[nH]c4ccccc4c3C[C@H](NC(C)=O)C(=O)NCCCC)[nH]c3ccccc23)NC(C)=O)[nH]c2ccccc12)NC(C)=O. The van der Waals surface area contributed by atoms with Crippen LogP contribution in [0.1, 0.15) is 89.5 Å². The van der Waals surface area contributed by atoms with Gasteiger partial charge in [0.2, 0.25) is 35.4 Å². The fraction of sp³-hybridized carbons (Fsp3) is 0.339. The zero-order valence-corrected chi connectivity index (χ0v) is 45.0. The molecule has 0 aliphatic carbocycles. The van der Waals surface area contributed by atoms with Crippen molar-refractivity contribution in [3.63, 3.8) is 0 Å². The maximum atomic E-state index is 14.5. The van der Waals surface area contributed by atoms with Gasteiger partial charge in [0, 0.05) is 110 Å². The fourth-order valence-corrected chi connectivity index (χ4v) is 10.4. The molecule has 19 heteroatoms. The van der Waals surface area contributed by atoms with Crippen LogP contribution in [-0.4, -0.2) is 98.9 Å². The summed E-state index contributed by atoms with van der Waals surface area (Å²) in [5, 5.41) is 26.8. The number of hydrogen-bond donors (Lipinski definition) is 12. The number of urea groups is 1. The number of aromatic amines is 4. The Morgan fingerprint density at radius 3 is 0.949 bits per heavy atom. The summed E-state index contributed by atoms with van der Waals surface area (Å²) in [5.41, 5.74) is 8.89. The number of rotatable bonds is 24. The first-order valence-corrected chi connectivity index (χ1v) is 26.7. The zero-order chi connectivity index (χ0) is 55.5. The van der Waals surface area contributed by atoms with E-state index >= 15 is 0 Å². The third kappa shape index (κ3) is 13.2. The molecular formula is C59H70N12O7. The summed E-state index contributed by atoms with van der Waals surface area (Å²) in [5.74, 6) is -2.11. The molecule has 0 saturated carbocycles. The van der Waals surface area contributed by atoms with E-state index in [1.165, 1.54) is 27.7 Å². The second-order valence-corrected chi connectivity index (χ2v) is 19.8. The standard InChI is InChI=1S/C59H70N12O7/c1-7-9-27-60-57(76)49(62-33(3)72)29-41-37-19-11-15-23-45(37)66-53(41)55-43(39-21-13-17-25-47(39)68-55)31-51(64-35(5)74)70-59(78)71-52(65-36(6)75)32-44-40-22-14-18-26-48(40)69-56(44)54-42(38-20-12-16-24-46(38)67-54)30-50(63-34(4)73)58(77)61-28-10-8-2/h11-26,49-52,66-69H,7-10,27-32H2,1-6H3,(H,60,76)(H,61,77)(H,62,72)(H,63,73)(H,64,74)(H,65,75)(H2,70,71,78)/t49-,50-,51+,52+/m0/s1. The van der Waals surface area contributed by atoms with Gasteiger partial charge in [-0.25, -0.2) is 4.79 Å². The Hall–Kier alpha value is -8.87. The first-order chi connectivity index (χ1) is 37.6. The van der Waals surface area contributed by atoms with Gasteiger partial charge in [0.05, 0.1) is 22.8 Å². The molecule has 0 aliphatic heterocycles. The highest BCUT2D eigenvalue weighted by Crippen LogP contribution is 2.39. The quantitative estimate of drug-likeness (QED) is 0.0225. The normalized spacial score (nSPS) is 12.9. The minimum atomic E-state index is -0.990. The van der Waals surface area contributed by atoms with Crippen molar-refractivity contribution in [1.29, 1.82) is 0 Å². The van der Waals surface area contributed by atoms with Crippen LogP contribution >= 0.6 is 0 Å². The zero-order valence-electron chi connectivity index (χ0n) is 45.0. The van der Waals surface area contributed by atoms with Crippen molar-refractivity contribution < 1.29 is 33.6 Å². The summed E-state index contributed by atoms with van der Waals surface area (Å²) in [6.07, 6.45) is 1.85. The van der Waals surface area contributed by atoms with Gasteiger partial charge in [0.1, 0.15) is 24.4 Å². The Labute approximate surface area is 452 Å². The number of H-pyrrole nitrogens is 4. The number of amides is 8. The predicted octanol–water partition coefficient (Wildman–Crippen LogP) is 6.88. The number of aromatic nitrogens is 4. The lowest BCUT2D eigenvalue weighted by molar-refractivity contribution is -0.128. The van der Waals surface area contributed by atoms with E-state index in [0.717, 1.165) is 91.5 Å². The molecule has 408 valence electrons. The van der Waals surface area contributed by atoms with Crippen molar-refractivity contribution in [1.82, 2.24) is 62.5 Å². The molecule has 4 aromatic carbocycles. The Bertz CT molecular complexity index is 3270. The van der Waals surface area contributed by atoms with Crippen molar-refractivity contribution in [2.24, 2.45) is 0 Å². The number of unbranched alkanes of at least 4 members (excludes halogenated alkanes) is 2. The number of carbonyl (C=O) groups excluding carboxylic acids is 7. The number of nitrogens with one attached hydrogen (secondary N) is 12. The van der Waals surface area contributed by atoms with Gasteiger partial charge >= 0.3 is 6.03 Å². The van der Waals surface area contributed by atoms with Crippen LogP contribution in [0, 0.1) is 0 Å². The molecule has 0 fully saturated rings. The maximum absolute atomic E-state index is 14.5. The van der Waals surface area contributed by atoms with E-state index in [-0.39, 0.29) is 49.3 Å². The second kappa shape index (κ2) is 25.3. The number of benzene rings is 4. The summed E-state index contributed by atoms with van der Waals surface area (Å²) >= 11 is 0. The average molecular weight is 1060 g/mol. The molecule has 0 spiro atoms. The largest absolute Gasteiger partial charge is 0.354 e. The number of carbonyl (C=O) groups is 7. The molecule has 0 bridgehead atoms. The Balaban J connectivity index is 1.12. The minimum absolute atomic E-state index is 0.0877. The first kappa shape index (κ1) is 55.4. The van der Waals surface area contributed by atoms with Crippen LogP contribution in [0.15, 0.2) is 97.1 Å². The third-order valence-electron chi connectivity index (χ3n) is 13.8. The van der Waals surface area contributed by atoms with Gasteiger partial charge in [-0.05, 0) is 59.4 Å². The van der Waals surface area contributed by atoms with Gasteiger partial charge in [-0.1, -0.05) is 99.5 Å². The van der Waals surface area contributed by atoms with Gasteiger partial charge in [-0.15, -0.1) is 0 Å². The van der Waals surface area contributed by atoms with Crippen LogP contribution in [0.25, 0.3) is 66.4 Å². The van der Waals surface area contributed by atoms with E-state index in [1.807, 2.05) is 111 Å². The van der Waals surface area contributed by atoms with E-state index in [0.29, 0.717) is 35.9 Å². The van der Waals surface area contributed by atoms with Crippen LogP contribution in [0.3, 0.4) is 0 Å². The molecule has 19 nitrogen and oxygen atoms in total. The molecule has 0 aliphatic rings. The monoisotopic (exact) mass is 1060 g/mol. The molecule has 8 aromatic rings. The summed E-state index contributed by atoms with van der Waals surface area (Å²) in [7, 11) is 0. The van der Waals surface area contributed by atoms with E-state index in [9.17, 15) is 33.6 Å². The molecular weight excluding hydrogens is 989 g/mol.